The number of methoxy groups -OCH3 is 1. The molecule has 0 radical (unpaired) electrons. The molecule has 2 N–H and O–H groups in total. The minimum Gasteiger partial charge on any atom is -0.508 e. The molecular formula is C21H20O6. The first-order valence-electron chi connectivity index (χ1n) is 8.12. The van der Waals surface area contributed by atoms with E-state index in [1.807, 2.05) is 0 Å². The number of benzene rings is 2. The van der Waals surface area contributed by atoms with Crippen LogP contribution in [-0.2, 0) is 11.2 Å². The van der Waals surface area contributed by atoms with Gasteiger partial charge in [0.2, 0.25) is 0 Å². The number of allylic oxidation sites excluding steroid dienone is 2. The lowest BCUT2D eigenvalue weighted by Gasteiger charge is -2.09. The van der Waals surface area contributed by atoms with E-state index in [4.69, 9.17) is 14.6 Å². The van der Waals surface area contributed by atoms with E-state index in [0.717, 1.165) is 0 Å². The van der Waals surface area contributed by atoms with Crippen LogP contribution in [0.3, 0.4) is 0 Å². The molecule has 0 aliphatic carbocycles. The molecule has 0 heterocycles. The molecule has 27 heavy (non-hydrogen) atoms. The molecule has 0 aromatic heterocycles. The van der Waals surface area contributed by atoms with Gasteiger partial charge in [0.05, 0.1) is 7.11 Å². The van der Waals surface area contributed by atoms with E-state index in [1.165, 1.54) is 31.4 Å². The van der Waals surface area contributed by atoms with Gasteiger partial charge in [0.15, 0.2) is 12.4 Å². The number of rotatable bonds is 9. The Morgan fingerprint density at radius 1 is 1.19 bits per heavy atom. The number of aromatic hydroxyl groups is 1. The van der Waals surface area contributed by atoms with Crippen molar-refractivity contribution in [1.82, 2.24) is 0 Å². The molecule has 0 atom stereocenters. The normalized spacial score (nSPS) is 10.6. The second-order valence-corrected chi connectivity index (χ2v) is 5.62. The van der Waals surface area contributed by atoms with Gasteiger partial charge < -0.3 is 19.7 Å². The fourth-order valence-corrected chi connectivity index (χ4v) is 2.38. The molecule has 140 valence electrons. The zero-order valence-electron chi connectivity index (χ0n) is 14.8. The first-order valence-corrected chi connectivity index (χ1v) is 8.12. The van der Waals surface area contributed by atoms with Crippen molar-refractivity contribution in [2.24, 2.45) is 0 Å². The van der Waals surface area contributed by atoms with Crippen molar-refractivity contribution < 1.29 is 29.3 Å². The summed E-state index contributed by atoms with van der Waals surface area (Å²) in [7, 11) is 1.48. The maximum absolute atomic E-state index is 12.3. The van der Waals surface area contributed by atoms with Gasteiger partial charge in [-0.2, -0.15) is 0 Å². The van der Waals surface area contributed by atoms with Crippen LogP contribution >= 0.6 is 0 Å². The Labute approximate surface area is 157 Å². The first kappa shape index (κ1) is 19.8. The van der Waals surface area contributed by atoms with E-state index in [1.54, 1.807) is 30.4 Å². The van der Waals surface area contributed by atoms with Crippen LogP contribution in [0.25, 0.3) is 6.08 Å². The summed E-state index contributed by atoms with van der Waals surface area (Å²) in [6, 6.07) is 9.42. The summed E-state index contributed by atoms with van der Waals surface area (Å²) in [5.74, 6) is -0.391. The monoisotopic (exact) mass is 368 g/mol. The molecule has 0 saturated heterocycles. The molecule has 0 aliphatic heterocycles. The number of ketones is 1. The molecule has 2 aromatic carbocycles. The summed E-state index contributed by atoms with van der Waals surface area (Å²) >= 11 is 0. The highest BCUT2D eigenvalue weighted by molar-refractivity contribution is 6.07. The van der Waals surface area contributed by atoms with Crippen LogP contribution in [0.1, 0.15) is 21.5 Å². The molecule has 6 nitrogen and oxygen atoms in total. The van der Waals surface area contributed by atoms with E-state index < -0.39 is 12.6 Å². The SMILES string of the molecule is C=CCc1cc(/C=C/C(=O)c2ccc(OCC(=O)O)cc2)c(OC)cc1O. The quantitative estimate of drug-likeness (QED) is 0.400. The van der Waals surface area contributed by atoms with Crippen molar-refractivity contribution in [2.45, 2.75) is 6.42 Å². The third-order valence-electron chi connectivity index (χ3n) is 3.71. The Balaban J connectivity index is 2.17. The predicted molar refractivity (Wildman–Crippen MR) is 101 cm³/mol. The van der Waals surface area contributed by atoms with Crippen LogP contribution in [0.5, 0.6) is 17.2 Å². The summed E-state index contributed by atoms with van der Waals surface area (Å²) in [6.07, 6.45) is 5.18. The van der Waals surface area contributed by atoms with Crippen molar-refractivity contribution in [2.75, 3.05) is 13.7 Å². The van der Waals surface area contributed by atoms with Crippen molar-refractivity contribution in [1.29, 1.82) is 0 Å². The second kappa shape index (κ2) is 9.24. The van der Waals surface area contributed by atoms with E-state index in [0.29, 0.717) is 34.6 Å². The number of carbonyl (C=O) groups is 2. The average Bonchev–Trinajstić information content (AvgIpc) is 2.66. The lowest BCUT2D eigenvalue weighted by molar-refractivity contribution is -0.139. The molecule has 0 saturated carbocycles. The molecule has 0 bridgehead atoms. The van der Waals surface area contributed by atoms with Crippen molar-refractivity contribution >= 4 is 17.8 Å². The van der Waals surface area contributed by atoms with Gasteiger partial charge in [0.25, 0.3) is 0 Å². The van der Waals surface area contributed by atoms with Crippen LogP contribution in [0.4, 0.5) is 0 Å². The molecule has 0 spiro atoms. The fraction of sp³-hybridized carbons (Fsp3) is 0.143. The van der Waals surface area contributed by atoms with Crippen LogP contribution in [-0.4, -0.2) is 35.7 Å². The minimum absolute atomic E-state index is 0.104. The van der Waals surface area contributed by atoms with E-state index >= 15 is 0 Å². The largest absolute Gasteiger partial charge is 0.508 e. The summed E-state index contributed by atoms with van der Waals surface area (Å²) in [5.41, 5.74) is 1.76. The zero-order valence-corrected chi connectivity index (χ0v) is 14.8. The van der Waals surface area contributed by atoms with E-state index in [9.17, 15) is 14.7 Å². The van der Waals surface area contributed by atoms with Gasteiger partial charge >= 0.3 is 5.97 Å². The first-order chi connectivity index (χ1) is 12.9. The Bertz CT molecular complexity index is 865. The number of ether oxygens (including phenoxy) is 2. The highest BCUT2D eigenvalue weighted by atomic mass is 16.5. The smallest absolute Gasteiger partial charge is 0.341 e. The van der Waals surface area contributed by atoms with Crippen molar-refractivity contribution in [3.63, 3.8) is 0 Å². The number of hydrogen-bond donors (Lipinski definition) is 2. The molecular weight excluding hydrogens is 348 g/mol. The number of aliphatic carboxylic acids is 1. The lowest BCUT2D eigenvalue weighted by atomic mass is 10.0. The predicted octanol–water partition coefficient (Wildman–Crippen LogP) is 3.49. The van der Waals surface area contributed by atoms with E-state index in [2.05, 4.69) is 6.58 Å². The van der Waals surface area contributed by atoms with E-state index in [-0.39, 0.29) is 11.5 Å². The number of carbonyl (C=O) groups excluding carboxylic acids is 1. The third kappa shape index (κ3) is 5.47. The second-order valence-electron chi connectivity index (χ2n) is 5.62. The fourth-order valence-electron chi connectivity index (χ4n) is 2.38. The molecule has 0 amide bonds. The summed E-state index contributed by atoms with van der Waals surface area (Å²) in [5, 5.41) is 18.6. The number of phenols is 1. The minimum atomic E-state index is -1.07. The van der Waals surface area contributed by atoms with Gasteiger partial charge in [0.1, 0.15) is 17.2 Å². The molecule has 2 aromatic rings. The number of phenolic OH excluding ortho intramolecular Hbond substituents is 1. The molecule has 0 aliphatic rings. The van der Waals surface area contributed by atoms with Crippen LogP contribution in [0, 0.1) is 0 Å². The summed E-state index contributed by atoms with van der Waals surface area (Å²) in [4.78, 5) is 22.8. The molecule has 0 fully saturated rings. The number of hydrogen-bond acceptors (Lipinski definition) is 5. The van der Waals surface area contributed by atoms with Crippen molar-refractivity contribution in [3.05, 3.63) is 71.8 Å². The standard InChI is InChI=1S/C21H20O6/c1-3-4-15-11-16(20(26-2)12-19(15)23)7-10-18(22)14-5-8-17(9-6-14)27-13-21(24)25/h3,5-12,23H,1,4,13H2,2H3,(H,24,25)/b10-7+. The van der Waals surface area contributed by atoms with Gasteiger partial charge in [-0.05, 0) is 54.5 Å². The summed E-state index contributed by atoms with van der Waals surface area (Å²) < 4.78 is 10.3. The van der Waals surface area contributed by atoms with Gasteiger partial charge in [-0.3, -0.25) is 4.79 Å². The topological polar surface area (TPSA) is 93.1 Å². The zero-order chi connectivity index (χ0) is 19.8. The van der Waals surface area contributed by atoms with Gasteiger partial charge in [0, 0.05) is 17.2 Å². The number of carboxylic acid groups (broad SMARTS) is 1. The molecule has 6 heteroatoms. The Hall–Kier alpha value is -3.54. The summed E-state index contributed by atoms with van der Waals surface area (Å²) in [6.45, 7) is 3.21. The molecule has 0 unspecified atom stereocenters. The highest BCUT2D eigenvalue weighted by Gasteiger charge is 2.09. The van der Waals surface area contributed by atoms with Crippen molar-refractivity contribution in [3.8, 4) is 17.2 Å². The maximum atomic E-state index is 12.3. The Kier molecular flexibility index (Phi) is 6.77. The molecule has 2 rings (SSSR count). The average molecular weight is 368 g/mol. The number of carboxylic acids is 1. The van der Waals surface area contributed by atoms with Gasteiger partial charge in [-0.25, -0.2) is 4.79 Å². The van der Waals surface area contributed by atoms with Gasteiger partial charge in [-0.15, -0.1) is 6.58 Å². The third-order valence-corrected chi connectivity index (χ3v) is 3.71. The van der Waals surface area contributed by atoms with Crippen LogP contribution in [0.2, 0.25) is 0 Å². The maximum Gasteiger partial charge on any atom is 0.341 e. The van der Waals surface area contributed by atoms with Crippen LogP contribution < -0.4 is 9.47 Å². The van der Waals surface area contributed by atoms with Gasteiger partial charge in [-0.1, -0.05) is 6.08 Å². The Morgan fingerprint density at radius 2 is 1.89 bits per heavy atom. The van der Waals surface area contributed by atoms with Crippen LogP contribution in [0.15, 0.2) is 55.1 Å². The Morgan fingerprint density at radius 3 is 2.48 bits per heavy atom. The lowest BCUT2D eigenvalue weighted by Crippen LogP contribution is -2.09. The highest BCUT2D eigenvalue weighted by Crippen LogP contribution is 2.30.